The van der Waals surface area contributed by atoms with Crippen molar-refractivity contribution in [2.45, 2.75) is 19.9 Å². The van der Waals surface area contributed by atoms with Crippen LogP contribution in [0.15, 0.2) is 48.5 Å². The van der Waals surface area contributed by atoms with Gasteiger partial charge in [0.1, 0.15) is 12.6 Å². The third-order valence-corrected chi connectivity index (χ3v) is 4.32. The molecule has 2 N–H and O–H groups in total. The van der Waals surface area contributed by atoms with Crippen molar-refractivity contribution in [1.29, 1.82) is 0 Å². The van der Waals surface area contributed by atoms with E-state index in [1.807, 2.05) is 26.0 Å². The van der Waals surface area contributed by atoms with Gasteiger partial charge in [-0.3, -0.25) is 9.59 Å². The molecular weight excluding hydrogens is 380 g/mol. The molecular formula is C21H25ClN2O4. The van der Waals surface area contributed by atoms with E-state index in [0.29, 0.717) is 28.6 Å². The summed E-state index contributed by atoms with van der Waals surface area (Å²) in [6, 6.07) is 13.1. The van der Waals surface area contributed by atoms with Gasteiger partial charge in [0.2, 0.25) is 5.91 Å². The molecule has 7 heteroatoms. The zero-order valence-electron chi connectivity index (χ0n) is 16.2. The van der Waals surface area contributed by atoms with E-state index < -0.39 is 6.04 Å². The van der Waals surface area contributed by atoms with Gasteiger partial charge >= 0.3 is 0 Å². The fraction of sp³-hybridized carbons (Fsp3) is 0.333. The van der Waals surface area contributed by atoms with Crippen molar-refractivity contribution in [3.05, 3.63) is 59.1 Å². The Labute approximate surface area is 170 Å². The first kappa shape index (κ1) is 21.6. The smallest absolute Gasteiger partial charge is 0.251 e. The minimum atomic E-state index is -0.658. The number of methoxy groups -OCH3 is 1. The number of hydrogen-bond donors (Lipinski definition) is 2. The zero-order chi connectivity index (χ0) is 20.5. The topological polar surface area (TPSA) is 76.7 Å². The number of carbonyl (C=O) groups is 2. The Morgan fingerprint density at radius 3 is 2.29 bits per heavy atom. The molecule has 0 aromatic heterocycles. The molecule has 2 rings (SSSR count). The van der Waals surface area contributed by atoms with Gasteiger partial charge in [0, 0.05) is 10.6 Å². The number of hydrogen-bond acceptors (Lipinski definition) is 4. The summed E-state index contributed by atoms with van der Waals surface area (Å²) in [7, 11) is 1.57. The number of rotatable bonds is 9. The molecule has 0 heterocycles. The monoisotopic (exact) mass is 404 g/mol. The van der Waals surface area contributed by atoms with Crippen LogP contribution in [0.5, 0.6) is 11.5 Å². The summed E-state index contributed by atoms with van der Waals surface area (Å²) in [6.45, 7) is 4.33. The zero-order valence-corrected chi connectivity index (χ0v) is 17.0. The van der Waals surface area contributed by atoms with Crippen molar-refractivity contribution in [3.63, 3.8) is 0 Å². The lowest BCUT2D eigenvalue weighted by atomic mass is 10.0. The Kier molecular flexibility index (Phi) is 8.14. The van der Waals surface area contributed by atoms with Crippen LogP contribution in [0.2, 0.25) is 5.02 Å². The number of halogens is 1. The maximum Gasteiger partial charge on any atom is 0.251 e. The van der Waals surface area contributed by atoms with Crippen LogP contribution in [-0.2, 0) is 4.79 Å². The molecule has 0 radical (unpaired) electrons. The summed E-state index contributed by atoms with van der Waals surface area (Å²) in [5, 5.41) is 6.12. The molecule has 1 unspecified atom stereocenters. The highest BCUT2D eigenvalue weighted by molar-refractivity contribution is 6.30. The summed E-state index contributed by atoms with van der Waals surface area (Å²) in [4.78, 5) is 24.9. The second kappa shape index (κ2) is 10.6. The molecule has 0 spiro atoms. The molecule has 28 heavy (non-hydrogen) atoms. The van der Waals surface area contributed by atoms with E-state index in [1.54, 1.807) is 43.5 Å². The van der Waals surface area contributed by atoms with E-state index in [0.717, 1.165) is 0 Å². The lowest BCUT2D eigenvalue weighted by molar-refractivity contribution is -0.124. The number of para-hydroxylation sites is 2. The number of nitrogens with one attached hydrogen (secondary N) is 2. The van der Waals surface area contributed by atoms with Crippen LogP contribution in [-0.4, -0.2) is 38.1 Å². The van der Waals surface area contributed by atoms with Crippen molar-refractivity contribution in [2.75, 3.05) is 20.3 Å². The second-order valence-electron chi connectivity index (χ2n) is 6.49. The highest BCUT2D eigenvalue weighted by atomic mass is 35.5. The molecule has 2 amide bonds. The van der Waals surface area contributed by atoms with Crippen LogP contribution in [0.4, 0.5) is 0 Å². The molecule has 0 saturated heterocycles. The summed E-state index contributed by atoms with van der Waals surface area (Å²) in [5.74, 6) is 0.572. The SMILES string of the molecule is COc1ccccc1OCCNC(=O)C(NC(=O)c1ccc(Cl)cc1)C(C)C. The molecule has 0 saturated carbocycles. The average molecular weight is 405 g/mol. The highest BCUT2D eigenvalue weighted by Gasteiger charge is 2.24. The van der Waals surface area contributed by atoms with Crippen molar-refractivity contribution in [1.82, 2.24) is 10.6 Å². The predicted octanol–water partition coefficient (Wildman–Crippen LogP) is 3.30. The maximum atomic E-state index is 12.5. The molecule has 0 aliphatic rings. The minimum Gasteiger partial charge on any atom is -0.493 e. The van der Waals surface area contributed by atoms with Crippen LogP contribution in [0.1, 0.15) is 24.2 Å². The lowest BCUT2D eigenvalue weighted by Gasteiger charge is -2.22. The van der Waals surface area contributed by atoms with Gasteiger partial charge in [-0.05, 0) is 42.3 Å². The van der Waals surface area contributed by atoms with Gasteiger partial charge in [0.25, 0.3) is 5.91 Å². The minimum absolute atomic E-state index is 0.0774. The van der Waals surface area contributed by atoms with Gasteiger partial charge in [-0.15, -0.1) is 0 Å². The summed E-state index contributed by atoms with van der Waals surface area (Å²) in [6.07, 6.45) is 0. The van der Waals surface area contributed by atoms with Gasteiger partial charge in [0.05, 0.1) is 13.7 Å². The Morgan fingerprint density at radius 1 is 1.04 bits per heavy atom. The number of ether oxygens (including phenoxy) is 2. The van der Waals surface area contributed by atoms with Crippen molar-refractivity contribution < 1.29 is 19.1 Å². The number of benzene rings is 2. The Balaban J connectivity index is 1.86. The van der Waals surface area contributed by atoms with Crippen LogP contribution in [0.25, 0.3) is 0 Å². The largest absolute Gasteiger partial charge is 0.493 e. The van der Waals surface area contributed by atoms with Crippen LogP contribution in [0.3, 0.4) is 0 Å². The summed E-state index contributed by atoms with van der Waals surface area (Å²) >= 11 is 5.84. The van der Waals surface area contributed by atoms with Gasteiger partial charge in [0.15, 0.2) is 11.5 Å². The summed E-state index contributed by atoms with van der Waals surface area (Å²) in [5.41, 5.74) is 0.447. The molecule has 2 aromatic rings. The number of carbonyl (C=O) groups excluding carboxylic acids is 2. The Hall–Kier alpha value is -2.73. The van der Waals surface area contributed by atoms with E-state index >= 15 is 0 Å². The maximum absolute atomic E-state index is 12.5. The fourth-order valence-corrected chi connectivity index (χ4v) is 2.67. The van der Waals surface area contributed by atoms with Crippen LogP contribution in [0, 0.1) is 5.92 Å². The average Bonchev–Trinajstić information content (AvgIpc) is 2.69. The molecule has 150 valence electrons. The van der Waals surface area contributed by atoms with E-state index in [1.165, 1.54) is 0 Å². The Bertz CT molecular complexity index is 793. The first-order valence-electron chi connectivity index (χ1n) is 9.02. The molecule has 0 aliphatic carbocycles. The van der Waals surface area contributed by atoms with Crippen molar-refractivity contribution in [2.24, 2.45) is 5.92 Å². The standard InChI is InChI=1S/C21H25ClN2O4/c1-14(2)19(24-20(25)15-8-10-16(22)11-9-15)21(26)23-12-13-28-18-7-5-4-6-17(18)27-3/h4-11,14,19H,12-13H2,1-3H3,(H,23,26)(H,24,25). The lowest BCUT2D eigenvalue weighted by Crippen LogP contribution is -2.50. The molecule has 0 bridgehead atoms. The molecule has 1 atom stereocenters. The van der Waals surface area contributed by atoms with Gasteiger partial charge in [-0.1, -0.05) is 37.6 Å². The Morgan fingerprint density at radius 2 is 1.68 bits per heavy atom. The molecule has 6 nitrogen and oxygen atoms in total. The van der Waals surface area contributed by atoms with E-state index in [4.69, 9.17) is 21.1 Å². The molecule has 0 fully saturated rings. The fourth-order valence-electron chi connectivity index (χ4n) is 2.54. The second-order valence-corrected chi connectivity index (χ2v) is 6.93. The van der Waals surface area contributed by atoms with Gasteiger partial charge < -0.3 is 20.1 Å². The van der Waals surface area contributed by atoms with Crippen molar-refractivity contribution >= 4 is 23.4 Å². The molecule has 0 aliphatic heterocycles. The van der Waals surface area contributed by atoms with E-state index in [9.17, 15) is 9.59 Å². The van der Waals surface area contributed by atoms with Gasteiger partial charge in [-0.2, -0.15) is 0 Å². The third-order valence-electron chi connectivity index (χ3n) is 4.07. The predicted molar refractivity (Wildman–Crippen MR) is 109 cm³/mol. The first-order valence-corrected chi connectivity index (χ1v) is 9.40. The van der Waals surface area contributed by atoms with E-state index in [-0.39, 0.29) is 24.3 Å². The van der Waals surface area contributed by atoms with Crippen LogP contribution < -0.4 is 20.1 Å². The van der Waals surface area contributed by atoms with Crippen molar-refractivity contribution in [3.8, 4) is 11.5 Å². The summed E-state index contributed by atoms with van der Waals surface area (Å²) < 4.78 is 10.9. The van der Waals surface area contributed by atoms with E-state index in [2.05, 4.69) is 10.6 Å². The molecule has 2 aromatic carbocycles. The quantitative estimate of drug-likeness (QED) is 0.629. The first-order chi connectivity index (χ1) is 13.4. The van der Waals surface area contributed by atoms with Gasteiger partial charge in [-0.25, -0.2) is 0 Å². The highest BCUT2D eigenvalue weighted by Crippen LogP contribution is 2.25. The normalized spacial score (nSPS) is 11.6. The number of amides is 2. The van der Waals surface area contributed by atoms with Crippen LogP contribution >= 0.6 is 11.6 Å². The third kappa shape index (κ3) is 6.16.